The molecule has 7 aromatic rings. The molecule has 0 atom stereocenters. The van der Waals surface area contributed by atoms with Crippen LogP contribution in [0.4, 0.5) is 0 Å². The van der Waals surface area contributed by atoms with Crippen molar-refractivity contribution in [3.05, 3.63) is 152 Å². The third kappa shape index (κ3) is 3.73. The quantitative estimate of drug-likeness (QED) is 0.131. The van der Waals surface area contributed by atoms with Gasteiger partial charge in [0, 0.05) is 23.2 Å². The predicted molar refractivity (Wildman–Crippen MR) is 171 cm³/mol. The average molecular weight is 511 g/mol. The number of allylic oxidation sites excluding steroid dienone is 4. The Labute approximate surface area is 233 Å². The van der Waals surface area contributed by atoms with Crippen LogP contribution in [0.5, 0.6) is 0 Å². The highest BCUT2D eigenvalue weighted by Crippen LogP contribution is 2.43. The van der Waals surface area contributed by atoms with E-state index in [1.165, 1.54) is 38.2 Å². The summed E-state index contributed by atoms with van der Waals surface area (Å²) in [5.74, 6) is 0. The zero-order valence-corrected chi connectivity index (χ0v) is 22.0. The van der Waals surface area contributed by atoms with Gasteiger partial charge in [-0.1, -0.05) is 116 Å². The Hall–Kier alpha value is -5.34. The maximum Gasteiger partial charge on any atom is 0.0970 e. The first-order valence-corrected chi connectivity index (χ1v) is 13.4. The van der Waals surface area contributed by atoms with Crippen molar-refractivity contribution >= 4 is 48.9 Å². The molecular formula is C38H26N2. The van der Waals surface area contributed by atoms with E-state index in [0.717, 1.165) is 38.5 Å². The SMILES string of the molecule is C=C/C=C(\C=C)c1c2ccccc2c(-c2cccc(-c3ccnc4c3ccc3cccnc34)c2)c2ccccc12. The lowest BCUT2D eigenvalue weighted by Crippen LogP contribution is -1.93. The van der Waals surface area contributed by atoms with Gasteiger partial charge < -0.3 is 0 Å². The number of hydrogen-bond acceptors (Lipinski definition) is 2. The Balaban J connectivity index is 1.52. The van der Waals surface area contributed by atoms with Crippen molar-refractivity contribution in [1.29, 1.82) is 0 Å². The molecule has 2 nitrogen and oxygen atoms in total. The van der Waals surface area contributed by atoms with Crippen LogP contribution in [-0.4, -0.2) is 9.97 Å². The number of aromatic nitrogens is 2. The summed E-state index contributed by atoms with van der Waals surface area (Å²) < 4.78 is 0. The summed E-state index contributed by atoms with van der Waals surface area (Å²) >= 11 is 0. The summed E-state index contributed by atoms with van der Waals surface area (Å²) in [5.41, 5.74) is 8.79. The van der Waals surface area contributed by atoms with Crippen LogP contribution in [0.25, 0.3) is 71.2 Å². The Kier molecular flexibility index (Phi) is 5.79. The number of rotatable bonds is 5. The minimum atomic E-state index is 0.923. The zero-order valence-electron chi connectivity index (χ0n) is 22.0. The van der Waals surface area contributed by atoms with Crippen LogP contribution in [0, 0.1) is 0 Å². The third-order valence-corrected chi connectivity index (χ3v) is 7.68. The van der Waals surface area contributed by atoms with E-state index < -0.39 is 0 Å². The van der Waals surface area contributed by atoms with Crippen molar-refractivity contribution in [2.45, 2.75) is 0 Å². The molecule has 0 N–H and O–H groups in total. The number of benzene rings is 5. The first-order valence-electron chi connectivity index (χ1n) is 13.4. The summed E-state index contributed by atoms with van der Waals surface area (Å²) in [6, 6.07) is 36.6. The van der Waals surface area contributed by atoms with Gasteiger partial charge in [-0.15, -0.1) is 0 Å². The average Bonchev–Trinajstić information content (AvgIpc) is 3.02. The predicted octanol–water partition coefficient (Wildman–Crippen LogP) is 10.2. The summed E-state index contributed by atoms with van der Waals surface area (Å²) in [5, 5.41) is 7.00. The summed E-state index contributed by atoms with van der Waals surface area (Å²) in [7, 11) is 0. The fourth-order valence-corrected chi connectivity index (χ4v) is 5.98. The molecule has 0 saturated carbocycles. The van der Waals surface area contributed by atoms with Gasteiger partial charge in [0.15, 0.2) is 0 Å². The molecule has 2 heterocycles. The Morgan fingerprint density at radius 2 is 1.27 bits per heavy atom. The molecule has 2 heteroatoms. The van der Waals surface area contributed by atoms with Gasteiger partial charge in [-0.05, 0) is 73.1 Å². The largest absolute Gasteiger partial charge is 0.254 e. The van der Waals surface area contributed by atoms with Crippen molar-refractivity contribution in [2.24, 2.45) is 0 Å². The molecule has 2 aromatic heterocycles. The molecule has 0 fully saturated rings. The number of fused-ring (bicyclic) bond motifs is 5. The second-order valence-electron chi connectivity index (χ2n) is 9.88. The first-order chi connectivity index (χ1) is 19.8. The van der Waals surface area contributed by atoms with Crippen LogP contribution < -0.4 is 0 Å². The lowest BCUT2D eigenvalue weighted by molar-refractivity contribution is 1.37. The topological polar surface area (TPSA) is 25.8 Å². The van der Waals surface area contributed by atoms with Crippen LogP contribution in [0.15, 0.2) is 147 Å². The Morgan fingerprint density at radius 3 is 2.00 bits per heavy atom. The third-order valence-electron chi connectivity index (χ3n) is 7.68. The van der Waals surface area contributed by atoms with Gasteiger partial charge in [0.05, 0.1) is 11.0 Å². The van der Waals surface area contributed by atoms with E-state index >= 15 is 0 Å². The Morgan fingerprint density at radius 1 is 0.575 bits per heavy atom. The van der Waals surface area contributed by atoms with Crippen LogP contribution >= 0.6 is 0 Å². The highest BCUT2D eigenvalue weighted by Gasteiger charge is 2.17. The van der Waals surface area contributed by atoms with E-state index in [-0.39, 0.29) is 0 Å². The second kappa shape index (κ2) is 9.76. The lowest BCUT2D eigenvalue weighted by atomic mass is 9.85. The van der Waals surface area contributed by atoms with E-state index in [9.17, 15) is 0 Å². The smallest absolute Gasteiger partial charge is 0.0970 e. The van der Waals surface area contributed by atoms with Gasteiger partial charge in [0.25, 0.3) is 0 Å². The van der Waals surface area contributed by atoms with E-state index in [1.54, 1.807) is 0 Å². The van der Waals surface area contributed by atoms with Crippen molar-refractivity contribution in [3.8, 4) is 22.3 Å². The molecule has 188 valence electrons. The van der Waals surface area contributed by atoms with Gasteiger partial charge in [-0.2, -0.15) is 0 Å². The molecule has 0 bridgehead atoms. The number of hydrogen-bond donors (Lipinski definition) is 0. The summed E-state index contributed by atoms with van der Waals surface area (Å²) in [4.78, 5) is 9.36. The fraction of sp³-hybridized carbons (Fsp3) is 0. The summed E-state index contributed by atoms with van der Waals surface area (Å²) in [6.45, 7) is 8.06. The van der Waals surface area contributed by atoms with Gasteiger partial charge in [-0.25, -0.2) is 0 Å². The molecule has 40 heavy (non-hydrogen) atoms. The molecule has 0 aliphatic carbocycles. The van der Waals surface area contributed by atoms with Gasteiger partial charge in [-0.3, -0.25) is 9.97 Å². The molecule has 0 unspecified atom stereocenters. The van der Waals surface area contributed by atoms with Gasteiger partial charge >= 0.3 is 0 Å². The lowest BCUT2D eigenvalue weighted by Gasteiger charge is -2.18. The number of nitrogens with zero attached hydrogens (tertiary/aromatic N) is 2. The fourth-order valence-electron chi connectivity index (χ4n) is 5.98. The molecule has 5 aromatic carbocycles. The van der Waals surface area contributed by atoms with E-state index in [1.807, 2.05) is 36.7 Å². The normalized spacial score (nSPS) is 11.8. The van der Waals surface area contributed by atoms with E-state index in [0.29, 0.717) is 0 Å². The maximum atomic E-state index is 4.72. The van der Waals surface area contributed by atoms with Crippen molar-refractivity contribution in [2.75, 3.05) is 0 Å². The van der Waals surface area contributed by atoms with Crippen molar-refractivity contribution in [1.82, 2.24) is 9.97 Å². The van der Waals surface area contributed by atoms with Crippen molar-refractivity contribution < 1.29 is 0 Å². The first kappa shape index (κ1) is 23.8. The molecule has 0 saturated heterocycles. The zero-order chi connectivity index (χ0) is 27.1. The monoisotopic (exact) mass is 510 g/mol. The molecule has 0 aliphatic rings. The number of pyridine rings is 2. The molecule has 0 radical (unpaired) electrons. The minimum absolute atomic E-state index is 0.923. The van der Waals surface area contributed by atoms with E-state index in [2.05, 4.69) is 115 Å². The Bertz CT molecular complexity index is 2090. The van der Waals surface area contributed by atoms with Gasteiger partial charge in [0.2, 0.25) is 0 Å². The molecule has 0 aliphatic heterocycles. The van der Waals surface area contributed by atoms with Crippen molar-refractivity contribution in [3.63, 3.8) is 0 Å². The minimum Gasteiger partial charge on any atom is -0.254 e. The highest BCUT2D eigenvalue weighted by atomic mass is 14.7. The van der Waals surface area contributed by atoms with Gasteiger partial charge in [0.1, 0.15) is 0 Å². The molecular weight excluding hydrogens is 484 g/mol. The summed E-state index contributed by atoms with van der Waals surface area (Å²) in [6.07, 6.45) is 9.51. The van der Waals surface area contributed by atoms with Crippen LogP contribution in [-0.2, 0) is 0 Å². The van der Waals surface area contributed by atoms with Crippen LogP contribution in [0.1, 0.15) is 5.56 Å². The standard InChI is InChI=1S/C38H26N2/c1-3-11-25(4-2)35-30-15-5-7-17-32(30)36(33-18-8-6-16-31(33)35)28-13-9-12-27(24-28)29-21-23-40-38-34(29)20-19-26-14-10-22-39-37(26)38/h3-24H,1-2H2/b25-11+. The van der Waals surface area contributed by atoms with Crippen LogP contribution in [0.2, 0.25) is 0 Å². The molecule has 0 amide bonds. The highest BCUT2D eigenvalue weighted by molar-refractivity contribution is 6.19. The second-order valence-corrected chi connectivity index (χ2v) is 9.88. The molecule has 0 spiro atoms. The molecule has 7 rings (SSSR count). The maximum absolute atomic E-state index is 4.72. The van der Waals surface area contributed by atoms with Crippen LogP contribution in [0.3, 0.4) is 0 Å². The van der Waals surface area contributed by atoms with E-state index in [4.69, 9.17) is 4.98 Å².